The predicted molar refractivity (Wildman–Crippen MR) is 69.3 cm³/mol. The van der Waals surface area contributed by atoms with E-state index in [2.05, 4.69) is 36.6 Å². The van der Waals surface area contributed by atoms with Crippen molar-refractivity contribution in [2.24, 2.45) is 5.84 Å². The quantitative estimate of drug-likeness (QED) is 0.613. The molecule has 1 unspecified atom stereocenters. The van der Waals surface area contributed by atoms with Crippen molar-refractivity contribution in [3.63, 3.8) is 0 Å². The van der Waals surface area contributed by atoms with Crippen LogP contribution in [0, 0.1) is 0 Å². The Bertz CT molecular complexity index is 583. The van der Waals surface area contributed by atoms with Crippen LogP contribution >= 0.6 is 0 Å². The third-order valence-corrected chi connectivity index (χ3v) is 3.41. The molecule has 0 radical (unpaired) electrons. The van der Waals surface area contributed by atoms with Crippen LogP contribution in [0.4, 0.5) is 0 Å². The first kappa shape index (κ1) is 10.6. The molecule has 17 heavy (non-hydrogen) atoms. The van der Waals surface area contributed by atoms with Gasteiger partial charge in [-0.2, -0.15) is 0 Å². The first-order valence-electron chi connectivity index (χ1n) is 5.95. The van der Waals surface area contributed by atoms with Crippen molar-refractivity contribution < 1.29 is 4.42 Å². The van der Waals surface area contributed by atoms with Gasteiger partial charge in [-0.3, -0.25) is 11.3 Å². The molecule has 0 aliphatic heterocycles. The van der Waals surface area contributed by atoms with Crippen molar-refractivity contribution in [2.45, 2.75) is 25.8 Å². The second-order valence-electron chi connectivity index (χ2n) is 4.59. The van der Waals surface area contributed by atoms with Gasteiger partial charge in [0.05, 0.1) is 0 Å². The van der Waals surface area contributed by atoms with Gasteiger partial charge in [0, 0.05) is 23.1 Å². The van der Waals surface area contributed by atoms with Gasteiger partial charge in [0.25, 0.3) is 0 Å². The minimum atomic E-state index is 0.525. The summed E-state index contributed by atoms with van der Waals surface area (Å²) in [6.45, 7) is 2.87. The Morgan fingerprint density at radius 1 is 1.47 bits per heavy atom. The Hall–Kier alpha value is -1.58. The zero-order chi connectivity index (χ0) is 11.8. The fraction of sp³-hybridized carbons (Fsp3) is 0.286. The first-order chi connectivity index (χ1) is 8.31. The second-order valence-corrected chi connectivity index (χ2v) is 4.59. The van der Waals surface area contributed by atoms with Crippen molar-refractivity contribution >= 4 is 17.0 Å². The number of nitrogens with one attached hydrogen (secondary N) is 1. The second kappa shape index (κ2) is 4.02. The van der Waals surface area contributed by atoms with Crippen LogP contribution in [0.2, 0.25) is 0 Å². The standard InChI is InChI=1S/C14H16N2O/c1-9-4-2-7-12-13(9)11-6-3-5-10(8-16-15)14(11)17-12/h2-3,5-7,9,16H,4,8,15H2,1H3. The molecule has 0 fully saturated rings. The number of nitrogens with two attached hydrogens (primary N) is 1. The van der Waals surface area contributed by atoms with Crippen LogP contribution in [0.1, 0.15) is 36.1 Å². The zero-order valence-corrected chi connectivity index (χ0v) is 9.86. The Kier molecular flexibility index (Phi) is 2.50. The first-order valence-corrected chi connectivity index (χ1v) is 5.95. The van der Waals surface area contributed by atoms with E-state index in [9.17, 15) is 0 Å². The maximum absolute atomic E-state index is 5.96. The number of allylic oxidation sites excluding steroid dienone is 1. The Balaban J connectivity index is 2.27. The molecule has 0 spiro atoms. The number of benzene rings is 1. The van der Waals surface area contributed by atoms with Crippen LogP contribution in [0.25, 0.3) is 17.0 Å². The molecular formula is C14H16N2O. The minimum absolute atomic E-state index is 0.525. The van der Waals surface area contributed by atoms with Crippen molar-refractivity contribution in [3.05, 3.63) is 41.2 Å². The normalized spacial score (nSPS) is 18.6. The van der Waals surface area contributed by atoms with E-state index in [1.165, 1.54) is 10.9 Å². The van der Waals surface area contributed by atoms with Gasteiger partial charge in [-0.05, 0) is 18.4 Å². The maximum Gasteiger partial charge on any atom is 0.139 e. The Morgan fingerprint density at radius 3 is 3.18 bits per heavy atom. The largest absolute Gasteiger partial charge is 0.456 e. The Labute approximate surface area is 100 Å². The molecule has 0 saturated heterocycles. The minimum Gasteiger partial charge on any atom is -0.456 e. The van der Waals surface area contributed by atoms with E-state index >= 15 is 0 Å². The molecule has 0 bridgehead atoms. The fourth-order valence-electron chi connectivity index (χ4n) is 2.59. The van der Waals surface area contributed by atoms with Crippen LogP contribution in [-0.4, -0.2) is 0 Å². The summed E-state index contributed by atoms with van der Waals surface area (Å²) in [4.78, 5) is 0. The number of rotatable bonds is 2. The summed E-state index contributed by atoms with van der Waals surface area (Å²) >= 11 is 0. The van der Waals surface area contributed by atoms with E-state index in [-0.39, 0.29) is 0 Å². The number of hydrazine groups is 1. The SMILES string of the molecule is CC1CC=Cc2oc3c(CNN)cccc3c21. The third kappa shape index (κ3) is 1.59. The molecular weight excluding hydrogens is 212 g/mol. The van der Waals surface area contributed by atoms with Crippen LogP contribution in [0.5, 0.6) is 0 Å². The number of furan rings is 1. The summed E-state index contributed by atoms with van der Waals surface area (Å²) in [5.41, 5.74) is 6.10. The molecule has 0 saturated carbocycles. The lowest BCUT2D eigenvalue weighted by Crippen LogP contribution is -2.20. The topological polar surface area (TPSA) is 51.2 Å². The van der Waals surface area contributed by atoms with Crippen molar-refractivity contribution in [2.75, 3.05) is 0 Å². The average Bonchev–Trinajstić information content (AvgIpc) is 2.70. The van der Waals surface area contributed by atoms with Crippen LogP contribution in [0.3, 0.4) is 0 Å². The summed E-state index contributed by atoms with van der Waals surface area (Å²) in [6.07, 6.45) is 5.34. The molecule has 2 aromatic rings. The molecule has 1 aliphatic rings. The highest BCUT2D eigenvalue weighted by Gasteiger charge is 2.21. The molecule has 1 atom stereocenters. The molecule has 1 aromatic carbocycles. The molecule has 3 nitrogen and oxygen atoms in total. The highest BCUT2D eigenvalue weighted by atomic mass is 16.3. The monoisotopic (exact) mass is 228 g/mol. The number of hydrogen-bond donors (Lipinski definition) is 2. The van der Waals surface area contributed by atoms with Crippen molar-refractivity contribution in [1.29, 1.82) is 0 Å². The molecule has 0 amide bonds. The van der Waals surface area contributed by atoms with E-state index in [4.69, 9.17) is 10.3 Å². The summed E-state index contributed by atoms with van der Waals surface area (Å²) in [6, 6.07) is 6.24. The molecule has 3 heteroatoms. The number of hydrogen-bond acceptors (Lipinski definition) is 3. The van der Waals surface area contributed by atoms with Crippen LogP contribution < -0.4 is 11.3 Å². The lowest BCUT2D eigenvalue weighted by atomic mass is 9.90. The van der Waals surface area contributed by atoms with Crippen LogP contribution in [-0.2, 0) is 6.54 Å². The smallest absolute Gasteiger partial charge is 0.139 e. The van der Waals surface area contributed by atoms with Gasteiger partial charge in [0.2, 0.25) is 0 Å². The summed E-state index contributed by atoms with van der Waals surface area (Å²) in [5.74, 6) is 6.92. The van der Waals surface area contributed by atoms with Crippen molar-refractivity contribution in [1.82, 2.24) is 5.43 Å². The summed E-state index contributed by atoms with van der Waals surface area (Å²) in [7, 11) is 0. The molecule has 3 N–H and O–H groups in total. The third-order valence-electron chi connectivity index (χ3n) is 3.41. The van der Waals surface area contributed by atoms with Gasteiger partial charge < -0.3 is 4.42 Å². The molecule has 1 heterocycles. The van der Waals surface area contributed by atoms with Gasteiger partial charge in [0.1, 0.15) is 11.3 Å². The Morgan fingerprint density at radius 2 is 2.35 bits per heavy atom. The van der Waals surface area contributed by atoms with E-state index in [1.807, 2.05) is 6.07 Å². The predicted octanol–water partition coefficient (Wildman–Crippen LogP) is 2.92. The molecule has 3 rings (SSSR count). The van der Waals surface area contributed by atoms with Gasteiger partial charge in [-0.1, -0.05) is 31.2 Å². The zero-order valence-electron chi connectivity index (χ0n) is 9.86. The number of fused-ring (bicyclic) bond motifs is 3. The van der Waals surface area contributed by atoms with Crippen LogP contribution in [0.15, 0.2) is 28.7 Å². The average molecular weight is 228 g/mol. The maximum atomic E-state index is 5.96. The van der Waals surface area contributed by atoms with Gasteiger partial charge in [-0.15, -0.1) is 0 Å². The van der Waals surface area contributed by atoms with E-state index in [0.29, 0.717) is 12.5 Å². The molecule has 88 valence electrons. The lowest BCUT2D eigenvalue weighted by molar-refractivity contribution is 0.579. The van der Waals surface area contributed by atoms with Gasteiger partial charge in [0.15, 0.2) is 0 Å². The highest BCUT2D eigenvalue weighted by molar-refractivity contribution is 5.88. The highest BCUT2D eigenvalue weighted by Crippen LogP contribution is 2.38. The van der Waals surface area contributed by atoms with E-state index < -0.39 is 0 Å². The summed E-state index contributed by atoms with van der Waals surface area (Å²) < 4.78 is 5.96. The summed E-state index contributed by atoms with van der Waals surface area (Å²) in [5, 5.41) is 1.23. The molecule has 1 aromatic heterocycles. The fourth-order valence-corrected chi connectivity index (χ4v) is 2.59. The van der Waals surface area contributed by atoms with Gasteiger partial charge in [-0.25, -0.2) is 0 Å². The number of para-hydroxylation sites is 1. The van der Waals surface area contributed by atoms with E-state index in [0.717, 1.165) is 23.3 Å². The van der Waals surface area contributed by atoms with Crippen molar-refractivity contribution in [3.8, 4) is 0 Å². The lowest BCUT2D eigenvalue weighted by Gasteiger charge is -2.12. The van der Waals surface area contributed by atoms with E-state index in [1.54, 1.807) is 0 Å². The molecule has 1 aliphatic carbocycles. The van der Waals surface area contributed by atoms with Gasteiger partial charge >= 0.3 is 0 Å².